The van der Waals surface area contributed by atoms with Gasteiger partial charge >= 0.3 is 0 Å². The lowest BCUT2D eigenvalue weighted by molar-refractivity contribution is 0.111. The molecule has 14 heavy (non-hydrogen) atoms. The van der Waals surface area contributed by atoms with Gasteiger partial charge in [0.2, 0.25) is 0 Å². The van der Waals surface area contributed by atoms with Crippen LogP contribution < -0.4 is 0 Å². The zero-order valence-corrected chi connectivity index (χ0v) is 7.42. The zero-order chi connectivity index (χ0) is 9.80. The van der Waals surface area contributed by atoms with Gasteiger partial charge in [0, 0.05) is 24.2 Å². The lowest BCUT2D eigenvalue weighted by Gasteiger charge is -2.02. The molecule has 0 fully saturated rings. The normalized spacial score (nSPS) is 9.71. The standard InChI is InChI=1S/C11H8N2O/c14-8-11-10(2-1-5-13-11)9-3-6-12-7-4-9/h1-8H. The quantitative estimate of drug-likeness (QED) is 0.670. The highest BCUT2D eigenvalue weighted by Crippen LogP contribution is 2.19. The van der Waals surface area contributed by atoms with Crippen molar-refractivity contribution in [3.8, 4) is 11.1 Å². The van der Waals surface area contributed by atoms with E-state index in [0.717, 1.165) is 17.4 Å². The molecule has 0 aliphatic rings. The molecule has 0 saturated heterocycles. The van der Waals surface area contributed by atoms with E-state index >= 15 is 0 Å². The smallest absolute Gasteiger partial charge is 0.169 e. The van der Waals surface area contributed by atoms with Crippen LogP contribution in [0.2, 0.25) is 0 Å². The van der Waals surface area contributed by atoms with Gasteiger partial charge in [0.1, 0.15) is 5.69 Å². The van der Waals surface area contributed by atoms with Gasteiger partial charge in [-0.25, -0.2) is 0 Å². The molecule has 2 aromatic rings. The molecule has 2 rings (SSSR count). The summed E-state index contributed by atoms with van der Waals surface area (Å²) in [4.78, 5) is 18.6. The summed E-state index contributed by atoms with van der Waals surface area (Å²) in [7, 11) is 0. The van der Waals surface area contributed by atoms with Crippen LogP contribution in [0.4, 0.5) is 0 Å². The van der Waals surface area contributed by atoms with Gasteiger partial charge in [-0.15, -0.1) is 0 Å². The first-order valence-electron chi connectivity index (χ1n) is 4.22. The van der Waals surface area contributed by atoms with E-state index in [1.807, 2.05) is 24.3 Å². The highest BCUT2D eigenvalue weighted by molar-refractivity contribution is 5.84. The third kappa shape index (κ3) is 1.52. The van der Waals surface area contributed by atoms with Crippen LogP contribution in [-0.4, -0.2) is 16.3 Å². The molecule has 2 aromatic heterocycles. The third-order valence-corrected chi connectivity index (χ3v) is 1.94. The second-order valence-electron chi connectivity index (χ2n) is 2.79. The molecule has 0 aliphatic heterocycles. The molecule has 0 amide bonds. The summed E-state index contributed by atoms with van der Waals surface area (Å²) in [5.41, 5.74) is 2.25. The molecule has 68 valence electrons. The lowest BCUT2D eigenvalue weighted by Crippen LogP contribution is -1.90. The summed E-state index contributed by atoms with van der Waals surface area (Å²) >= 11 is 0. The van der Waals surface area contributed by atoms with E-state index in [1.54, 1.807) is 18.6 Å². The third-order valence-electron chi connectivity index (χ3n) is 1.94. The maximum atomic E-state index is 10.7. The maximum absolute atomic E-state index is 10.7. The predicted octanol–water partition coefficient (Wildman–Crippen LogP) is 1.96. The molecule has 0 unspecified atom stereocenters. The SMILES string of the molecule is O=Cc1ncccc1-c1ccncc1. The van der Waals surface area contributed by atoms with Crippen LogP contribution >= 0.6 is 0 Å². The highest BCUT2D eigenvalue weighted by atomic mass is 16.1. The van der Waals surface area contributed by atoms with Crippen molar-refractivity contribution >= 4 is 6.29 Å². The van der Waals surface area contributed by atoms with Gasteiger partial charge in [0.25, 0.3) is 0 Å². The van der Waals surface area contributed by atoms with Gasteiger partial charge in [-0.2, -0.15) is 0 Å². The van der Waals surface area contributed by atoms with Crippen LogP contribution in [0.3, 0.4) is 0 Å². The Bertz CT molecular complexity index is 440. The fourth-order valence-corrected chi connectivity index (χ4v) is 1.29. The number of carbonyl (C=O) groups excluding carboxylic acids is 1. The fourth-order valence-electron chi connectivity index (χ4n) is 1.29. The monoisotopic (exact) mass is 184 g/mol. The van der Waals surface area contributed by atoms with Gasteiger partial charge in [-0.3, -0.25) is 14.8 Å². The van der Waals surface area contributed by atoms with Crippen LogP contribution in [0.1, 0.15) is 10.5 Å². The number of rotatable bonds is 2. The Kier molecular flexibility index (Phi) is 2.32. The minimum atomic E-state index is 0.457. The predicted molar refractivity (Wildman–Crippen MR) is 52.9 cm³/mol. The van der Waals surface area contributed by atoms with Crippen molar-refractivity contribution < 1.29 is 4.79 Å². The van der Waals surface area contributed by atoms with Crippen LogP contribution in [0.25, 0.3) is 11.1 Å². The van der Waals surface area contributed by atoms with E-state index in [2.05, 4.69) is 9.97 Å². The summed E-state index contributed by atoms with van der Waals surface area (Å²) in [6.45, 7) is 0. The van der Waals surface area contributed by atoms with E-state index < -0.39 is 0 Å². The number of hydrogen-bond donors (Lipinski definition) is 0. The van der Waals surface area contributed by atoms with E-state index in [1.165, 1.54) is 0 Å². The molecule has 3 heteroatoms. The topological polar surface area (TPSA) is 42.9 Å². The van der Waals surface area contributed by atoms with Crippen LogP contribution in [0.5, 0.6) is 0 Å². The van der Waals surface area contributed by atoms with E-state index in [9.17, 15) is 4.79 Å². The molecule has 0 atom stereocenters. The average Bonchev–Trinajstić information content (AvgIpc) is 2.30. The Labute approximate surface area is 81.5 Å². The van der Waals surface area contributed by atoms with Gasteiger partial charge in [-0.05, 0) is 23.8 Å². The number of aromatic nitrogens is 2. The molecule has 0 aliphatic carbocycles. The summed E-state index contributed by atoms with van der Waals surface area (Å²) in [6, 6.07) is 7.38. The number of nitrogens with zero attached hydrogens (tertiary/aromatic N) is 2. The van der Waals surface area contributed by atoms with Crippen molar-refractivity contribution in [1.29, 1.82) is 0 Å². The molecule has 2 heterocycles. The van der Waals surface area contributed by atoms with Crippen molar-refractivity contribution in [2.75, 3.05) is 0 Å². The average molecular weight is 184 g/mol. The molecule has 0 saturated carbocycles. The molecule has 0 spiro atoms. The summed E-state index contributed by atoms with van der Waals surface area (Å²) in [6.07, 6.45) is 5.75. The van der Waals surface area contributed by atoms with Crippen molar-refractivity contribution in [2.24, 2.45) is 0 Å². The maximum Gasteiger partial charge on any atom is 0.169 e. The van der Waals surface area contributed by atoms with E-state index in [0.29, 0.717) is 5.69 Å². The van der Waals surface area contributed by atoms with Crippen LogP contribution in [0.15, 0.2) is 42.9 Å². The van der Waals surface area contributed by atoms with Gasteiger partial charge in [0.05, 0.1) is 0 Å². The Morgan fingerprint density at radius 2 is 1.86 bits per heavy atom. The minimum absolute atomic E-state index is 0.457. The molecular formula is C11H8N2O. The molecule has 0 aromatic carbocycles. The molecular weight excluding hydrogens is 176 g/mol. The fraction of sp³-hybridized carbons (Fsp3) is 0. The Morgan fingerprint density at radius 1 is 1.07 bits per heavy atom. The Morgan fingerprint density at radius 3 is 2.57 bits per heavy atom. The Balaban J connectivity index is 2.57. The molecule has 3 nitrogen and oxygen atoms in total. The van der Waals surface area contributed by atoms with Gasteiger partial charge in [0.15, 0.2) is 6.29 Å². The van der Waals surface area contributed by atoms with Crippen molar-refractivity contribution in [3.63, 3.8) is 0 Å². The van der Waals surface area contributed by atoms with Crippen molar-refractivity contribution in [1.82, 2.24) is 9.97 Å². The van der Waals surface area contributed by atoms with E-state index in [-0.39, 0.29) is 0 Å². The summed E-state index contributed by atoms with van der Waals surface area (Å²) in [5.74, 6) is 0. The molecule has 0 bridgehead atoms. The minimum Gasteiger partial charge on any atom is -0.296 e. The van der Waals surface area contributed by atoms with Crippen molar-refractivity contribution in [3.05, 3.63) is 48.5 Å². The largest absolute Gasteiger partial charge is 0.296 e. The second kappa shape index (κ2) is 3.79. The van der Waals surface area contributed by atoms with Crippen LogP contribution in [-0.2, 0) is 0 Å². The second-order valence-corrected chi connectivity index (χ2v) is 2.79. The zero-order valence-electron chi connectivity index (χ0n) is 7.42. The molecule has 0 radical (unpaired) electrons. The summed E-state index contributed by atoms with van der Waals surface area (Å²) < 4.78 is 0. The van der Waals surface area contributed by atoms with E-state index in [4.69, 9.17) is 0 Å². The lowest BCUT2D eigenvalue weighted by atomic mass is 10.1. The Hall–Kier alpha value is -2.03. The number of hydrogen-bond acceptors (Lipinski definition) is 3. The van der Waals surface area contributed by atoms with Gasteiger partial charge in [-0.1, -0.05) is 6.07 Å². The number of carbonyl (C=O) groups is 1. The van der Waals surface area contributed by atoms with Crippen molar-refractivity contribution in [2.45, 2.75) is 0 Å². The summed E-state index contributed by atoms with van der Waals surface area (Å²) in [5, 5.41) is 0. The van der Waals surface area contributed by atoms with Gasteiger partial charge < -0.3 is 0 Å². The van der Waals surface area contributed by atoms with Crippen LogP contribution in [0, 0.1) is 0 Å². The highest BCUT2D eigenvalue weighted by Gasteiger charge is 2.03. The number of pyridine rings is 2. The first-order chi connectivity index (χ1) is 6.92. The first kappa shape index (κ1) is 8.56. The molecule has 0 N–H and O–H groups in total. The first-order valence-corrected chi connectivity index (χ1v) is 4.22. The number of aldehydes is 1.